The van der Waals surface area contributed by atoms with Gasteiger partial charge in [0.2, 0.25) is 0 Å². The fourth-order valence-electron chi connectivity index (χ4n) is 2.37. The average Bonchev–Trinajstić information content (AvgIpc) is 2.76. The minimum absolute atomic E-state index is 0.289. The molecule has 3 aromatic rings. The third kappa shape index (κ3) is 6.30. The van der Waals surface area contributed by atoms with Crippen molar-refractivity contribution in [2.75, 3.05) is 0 Å². The number of rotatable bonds is 6. The van der Waals surface area contributed by atoms with Gasteiger partial charge in [-0.05, 0) is 59.7 Å². The van der Waals surface area contributed by atoms with E-state index in [0.29, 0.717) is 21.9 Å². The summed E-state index contributed by atoms with van der Waals surface area (Å²) in [7, 11) is 0. The van der Waals surface area contributed by atoms with Gasteiger partial charge in [0, 0.05) is 11.6 Å². The Morgan fingerprint density at radius 3 is 2.30 bits per heavy atom. The van der Waals surface area contributed by atoms with Gasteiger partial charge in [-0.25, -0.2) is 10.2 Å². The van der Waals surface area contributed by atoms with Crippen LogP contribution in [0.2, 0.25) is 10.0 Å². The Hall–Kier alpha value is -3.41. The first-order chi connectivity index (χ1) is 14.5. The van der Waals surface area contributed by atoms with Crippen LogP contribution >= 0.6 is 23.2 Å². The van der Waals surface area contributed by atoms with Crippen LogP contribution in [0.3, 0.4) is 0 Å². The Balaban J connectivity index is 1.52. The molecule has 0 bridgehead atoms. The van der Waals surface area contributed by atoms with Crippen molar-refractivity contribution in [3.05, 3.63) is 106 Å². The van der Waals surface area contributed by atoms with E-state index in [1.807, 2.05) is 30.3 Å². The van der Waals surface area contributed by atoms with Gasteiger partial charge < -0.3 is 4.74 Å². The number of hydrogen-bond donors (Lipinski definition) is 1. The van der Waals surface area contributed by atoms with Crippen LogP contribution in [0.15, 0.2) is 84.0 Å². The molecule has 0 radical (unpaired) electrons. The van der Waals surface area contributed by atoms with Crippen LogP contribution in [0.25, 0.3) is 6.08 Å². The lowest BCUT2D eigenvalue weighted by atomic mass is 10.2. The van der Waals surface area contributed by atoms with E-state index in [9.17, 15) is 9.59 Å². The first-order valence-electron chi connectivity index (χ1n) is 8.85. The minimum atomic E-state index is -0.478. The van der Waals surface area contributed by atoms with Crippen molar-refractivity contribution in [3.8, 4) is 5.75 Å². The molecule has 0 heterocycles. The molecule has 0 unspecified atom stereocenters. The predicted molar refractivity (Wildman–Crippen MR) is 119 cm³/mol. The summed E-state index contributed by atoms with van der Waals surface area (Å²) in [5.74, 6) is -0.496. The predicted octanol–water partition coefficient (Wildman–Crippen LogP) is 5.38. The van der Waals surface area contributed by atoms with Gasteiger partial charge >= 0.3 is 5.97 Å². The molecule has 1 N–H and O–H groups in total. The fourth-order valence-corrected chi connectivity index (χ4v) is 2.67. The number of carbonyl (C=O) groups excluding carboxylic acids is 2. The number of amides is 1. The molecule has 5 nitrogen and oxygen atoms in total. The normalized spacial score (nSPS) is 11.0. The zero-order chi connectivity index (χ0) is 21.3. The van der Waals surface area contributed by atoms with E-state index in [-0.39, 0.29) is 5.02 Å². The maximum atomic E-state index is 12.0. The number of esters is 1. The van der Waals surface area contributed by atoms with Crippen LogP contribution in [0.5, 0.6) is 5.75 Å². The van der Waals surface area contributed by atoms with Crippen molar-refractivity contribution in [1.82, 2.24) is 5.43 Å². The van der Waals surface area contributed by atoms with Gasteiger partial charge in [0.05, 0.1) is 16.3 Å². The van der Waals surface area contributed by atoms with Crippen molar-refractivity contribution in [3.63, 3.8) is 0 Å². The summed E-state index contributed by atoms with van der Waals surface area (Å²) >= 11 is 11.7. The molecule has 7 heteroatoms. The molecule has 0 saturated heterocycles. The van der Waals surface area contributed by atoms with Gasteiger partial charge in [-0.15, -0.1) is 0 Å². The standard InChI is InChI=1S/C23H16Cl2N2O3/c24-20-12-9-18(14-21(20)25)23(29)27-26-15-17-6-10-19(11-7-17)30-22(28)13-8-16-4-2-1-3-5-16/h1-15H,(H,27,29). The molecule has 0 atom stereocenters. The summed E-state index contributed by atoms with van der Waals surface area (Å²) in [6, 6.07) is 20.7. The quantitative estimate of drug-likeness (QED) is 0.185. The van der Waals surface area contributed by atoms with Crippen molar-refractivity contribution in [2.45, 2.75) is 0 Å². The highest BCUT2D eigenvalue weighted by Gasteiger charge is 2.07. The largest absolute Gasteiger partial charge is 0.423 e. The maximum absolute atomic E-state index is 12.0. The molecule has 1 amide bonds. The van der Waals surface area contributed by atoms with E-state index in [2.05, 4.69) is 10.5 Å². The van der Waals surface area contributed by atoms with Crippen LogP contribution in [-0.4, -0.2) is 18.1 Å². The second-order valence-corrected chi connectivity index (χ2v) is 6.88. The molecule has 150 valence electrons. The highest BCUT2D eigenvalue weighted by atomic mass is 35.5. The van der Waals surface area contributed by atoms with E-state index in [4.69, 9.17) is 27.9 Å². The highest BCUT2D eigenvalue weighted by Crippen LogP contribution is 2.22. The summed E-state index contributed by atoms with van der Waals surface area (Å²) in [6.07, 6.45) is 4.51. The third-order valence-electron chi connectivity index (χ3n) is 3.87. The lowest BCUT2D eigenvalue weighted by Gasteiger charge is -2.03. The molecule has 0 spiro atoms. The minimum Gasteiger partial charge on any atom is -0.423 e. The van der Waals surface area contributed by atoms with Crippen molar-refractivity contribution < 1.29 is 14.3 Å². The molecule has 0 fully saturated rings. The summed E-state index contributed by atoms with van der Waals surface area (Å²) in [5, 5.41) is 4.56. The number of nitrogens with zero attached hydrogens (tertiary/aromatic N) is 1. The van der Waals surface area contributed by atoms with E-state index >= 15 is 0 Å². The average molecular weight is 439 g/mol. The zero-order valence-electron chi connectivity index (χ0n) is 15.6. The van der Waals surface area contributed by atoms with E-state index in [1.54, 1.807) is 36.4 Å². The number of hydrazone groups is 1. The van der Waals surface area contributed by atoms with E-state index in [1.165, 1.54) is 24.4 Å². The molecule has 30 heavy (non-hydrogen) atoms. The summed E-state index contributed by atoms with van der Waals surface area (Å²) < 4.78 is 5.25. The fraction of sp³-hybridized carbons (Fsp3) is 0. The Labute approximate surface area is 183 Å². The van der Waals surface area contributed by atoms with Crippen LogP contribution < -0.4 is 10.2 Å². The van der Waals surface area contributed by atoms with Gasteiger partial charge in [-0.3, -0.25) is 4.79 Å². The second kappa shape index (κ2) is 10.4. The Bertz CT molecular complexity index is 1100. The van der Waals surface area contributed by atoms with Crippen LogP contribution in [0.1, 0.15) is 21.5 Å². The lowest BCUT2D eigenvalue weighted by Crippen LogP contribution is -2.17. The van der Waals surface area contributed by atoms with Crippen LogP contribution in [-0.2, 0) is 4.79 Å². The number of nitrogens with one attached hydrogen (secondary N) is 1. The number of hydrogen-bond acceptors (Lipinski definition) is 4. The summed E-state index contributed by atoms with van der Waals surface area (Å²) in [6.45, 7) is 0. The number of halogens is 2. The molecule has 3 rings (SSSR count). The lowest BCUT2D eigenvalue weighted by molar-refractivity contribution is -0.128. The smallest absolute Gasteiger partial charge is 0.336 e. The summed E-state index contributed by atoms with van der Waals surface area (Å²) in [5.41, 5.74) is 4.37. The van der Waals surface area contributed by atoms with Gasteiger partial charge in [0.1, 0.15) is 5.75 Å². The molecule has 0 aliphatic heterocycles. The van der Waals surface area contributed by atoms with Crippen molar-refractivity contribution in [1.29, 1.82) is 0 Å². The molecule has 0 aromatic heterocycles. The van der Waals surface area contributed by atoms with Gasteiger partial charge in [-0.1, -0.05) is 53.5 Å². The Morgan fingerprint density at radius 1 is 0.867 bits per heavy atom. The molecular weight excluding hydrogens is 423 g/mol. The second-order valence-electron chi connectivity index (χ2n) is 6.06. The number of benzene rings is 3. The highest BCUT2D eigenvalue weighted by molar-refractivity contribution is 6.42. The van der Waals surface area contributed by atoms with E-state index < -0.39 is 11.9 Å². The van der Waals surface area contributed by atoms with Gasteiger partial charge in [0.15, 0.2) is 0 Å². The summed E-state index contributed by atoms with van der Waals surface area (Å²) in [4.78, 5) is 23.9. The number of ether oxygens (including phenoxy) is 1. The first kappa shape index (κ1) is 21.3. The van der Waals surface area contributed by atoms with E-state index in [0.717, 1.165) is 5.56 Å². The maximum Gasteiger partial charge on any atom is 0.336 e. The van der Waals surface area contributed by atoms with Crippen molar-refractivity contribution >= 4 is 47.4 Å². The van der Waals surface area contributed by atoms with Crippen LogP contribution in [0, 0.1) is 0 Å². The number of carbonyl (C=O) groups is 2. The molecule has 0 aliphatic carbocycles. The molecule has 0 aliphatic rings. The van der Waals surface area contributed by atoms with Gasteiger partial charge in [-0.2, -0.15) is 5.10 Å². The first-order valence-corrected chi connectivity index (χ1v) is 9.60. The Kier molecular flexibility index (Phi) is 7.38. The zero-order valence-corrected chi connectivity index (χ0v) is 17.1. The molecular formula is C23H16Cl2N2O3. The topological polar surface area (TPSA) is 67.8 Å². The SMILES string of the molecule is O=C(C=Cc1ccccc1)Oc1ccc(C=NNC(=O)c2ccc(Cl)c(Cl)c2)cc1. The van der Waals surface area contributed by atoms with Gasteiger partial charge in [0.25, 0.3) is 5.91 Å². The monoisotopic (exact) mass is 438 g/mol. The van der Waals surface area contributed by atoms with Crippen molar-refractivity contribution in [2.24, 2.45) is 5.10 Å². The van der Waals surface area contributed by atoms with Crippen LogP contribution in [0.4, 0.5) is 0 Å². The molecule has 3 aromatic carbocycles. The Morgan fingerprint density at radius 2 is 1.60 bits per heavy atom. The third-order valence-corrected chi connectivity index (χ3v) is 4.61. The molecule has 0 saturated carbocycles.